The highest BCUT2D eigenvalue weighted by atomic mass is 16.7. The molecule has 2 atom stereocenters. The molecule has 0 spiro atoms. The number of nitrogens with zero attached hydrogens (tertiary/aromatic N) is 1. The zero-order valence-corrected chi connectivity index (χ0v) is 55.2. The van der Waals surface area contributed by atoms with Crippen LogP contribution in [-0.4, -0.2) is 87.4 Å². The standard InChI is InChI=1S/C72H141NO8/c1-6-8-10-12-14-16-18-20-22-24-26-28-30-31-32-33-34-35-36-37-38-39-41-43-45-47-49-51-53-55-57-59-61-63-70(75)81-68(67-80-72(71(76)77)78-65-64-73(3,4)5)66-79-69(74)62-60-58-56-54-52-50-48-46-44-42-40-29-27-25-23-21-19-17-15-13-11-9-7-2/h68,72H,6-67H2,1-5H3/p+1. The first-order chi connectivity index (χ1) is 39.6. The molecule has 0 heterocycles. The molecule has 9 nitrogen and oxygen atoms in total. The number of ether oxygens (including phenoxy) is 4. The molecular weight excluding hydrogens is 1010 g/mol. The van der Waals surface area contributed by atoms with E-state index in [2.05, 4.69) is 13.8 Å². The lowest BCUT2D eigenvalue weighted by Crippen LogP contribution is -2.40. The van der Waals surface area contributed by atoms with E-state index in [1.165, 1.54) is 321 Å². The summed E-state index contributed by atoms with van der Waals surface area (Å²) in [6.07, 6.45) is 73.8. The summed E-state index contributed by atoms with van der Waals surface area (Å²) in [5.41, 5.74) is 0. The van der Waals surface area contributed by atoms with E-state index in [4.69, 9.17) is 18.9 Å². The van der Waals surface area contributed by atoms with Crippen molar-refractivity contribution < 1.29 is 42.9 Å². The van der Waals surface area contributed by atoms with Gasteiger partial charge >= 0.3 is 17.9 Å². The SMILES string of the molecule is CCCCCCCCCCCCCCCCCCCCCCCCCCCCCCCCCCCC(=O)OC(COC(=O)CCCCCCCCCCCCCCCCCCCCCCCCC)COC(OCC[N+](C)(C)C)C(=O)O. The first-order valence-corrected chi connectivity index (χ1v) is 36.2. The lowest BCUT2D eigenvalue weighted by atomic mass is 10.0. The number of carbonyl (C=O) groups is 3. The normalized spacial score (nSPS) is 12.6. The summed E-state index contributed by atoms with van der Waals surface area (Å²) in [7, 11) is 6.00. The van der Waals surface area contributed by atoms with Crippen molar-refractivity contribution in [2.75, 3.05) is 47.5 Å². The van der Waals surface area contributed by atoms with Crippen LogP contribution < -0.4 is 0 Å². The van der Waals surface area contributed by atoms with Crippen molar-refractivity contribution in [1.29, 1.82) is 0 Å². The molecule has 0 aromatic carbocycles. The molecule has 0 rings (SSSR count). The molecule has 0 aromatic heterocycles. The summed E-state index contributed by atoms with van der Waals surface area (Å²) in [6.45, 7) is 4.98. The summed E-state index contributed by atoms with van der Waals surface area (Å²) in [5, 5.41) is 9.75. The summed E-state index contributed by atoms with van der Waals surface area (Å²) in [4.78, 5) is 37.6. The molecule has 9 heteroatoms. The van der Waals surface area contributed by atoms with Gasteiger partial charge in [0.2, 0.25) is 0 Å². The fraction of sp³-hybridized carbons (Fsp3) is 0.958. The van der Waals surface area contributed by atoms with Gasteiger partial charge in [-0.15, -0.1) is 0 Å². The molecular formula is C72H142NO8+. The highest BCUT2D eigenvalue weighted by Gasteiger charge is 2.25. The molecule has 0 aromatic rings. The molecule has 0 aliphatic rings. The molecule has 0 amide bonds. The lowest BCUT2D eigenvalue weighted by molar-refractivity contribution is -0.870. The van der Waals surface area contributed by atoms with E-state index >= 15 is 0 Å². The third-order valence-electron chi connectivity index (χ3n) is 16.9. The molecule has 2 unspecified atom stereocenters. The van der Waals surface area contributed by atoms with E-state index < -0.39 is 18.4 Å². The molecule has 482 valence electrons. The van der Waals surface area contributed by atoms with Crippen molar-refractivity contribution in [3.63, 3.8) is 0 Å². The smallest absolute Gasteiger partial charge is 0.361 e. The van der Waals surface area contributed by atoms with Gasteiger partial charge in [-0.1, -0.05) is 361 Å². The van der Waals surface area contributed by atoms with Gasteiger partial charge in [-0.05, 0) is 12.8 Å². The van der Waals surface area contributed by atoms with E-state index in [0.29, 0.717) is 17.4 Å². The first kappa shape index (κ1) is 79.3. The number of carboxylic acids is 1. The summed E-state index contributed by atoms with van der Waals surface area (Å²) in [5.74, 6) is -1.96. The van der Waals surface area contributed by atoms with Crippen LogP contribution in [0.25, 0.3) is 0 Å². The molecule has 0 radical (unpaired) electrons. The average molecular weight is 1150 g/mol. The number of esters is 2. The molecule has 0 saturated carbocycles. The second-order valence-electron chi connectivity index (χ2n) is 26.3. The Bertz CT molecular complexity index is 1290. The predicted molar refractivity (Wildman–Crippen MR) is 346 cm³/mol. The van der Waals surface area contributed by atoms with Gasteiger partial charge in [0.25, 0.3) is 6.29 Å². The van der Waals surface area contributed by atoms with Gasteiger partial charge in [0.1, 0.15) is 13.2 Å². The Morgan fingerprint density at radius 2 is 0.556 bits per heavy atom. The number of carbonyl (C=O) groups excluding carboxylic acids is 2. The van der Waals surface area contributed by atoms with Crippen molar-refractivity contribution in [1.82, 2.24) is 0 Å². The molecule has 81 heavy (non-hydrogen) atoms. The number of hydrogen-bond acceptors (Lipinski definition) is 7. The predicted octanol–water partition coefficient (Wildman–Crippen LogP) is 22.3. The van der Waals surface area contributed by atoms with Crippen LogP contribution in [0.2, 0.25) is 0 Å². The third kappa shape index (κ3) is 65.7. The van der Waals surface area contributed by atoms with Crippen LogP contribution in [-0.2, 0) is 33.3 Å². The molecule has 0 fully saturated rings. The number of carboxylic acid groups (broad SMARTS) is 1. The maximum atomic E-state index is 12.9. The Hall–Kier alpha value is -1.71. The van der Waals surface area contributed by atoms with Crippen LogP contribution >= 0.6 is 0 Å². The largest absolute Gasteiger partial charge is 0.477 e. The minimum atomic E-state index is -1.50. The Morgan fingerprint density at radius 3 is 0.790 bits per heavy atom. The van der Waals surface area contributed by atoms with E-state index in [1.807, 2.05) is 21.1 Å². The van der Waals surface area contributed by atoms with Crippen LogP contribution in [0.3, 0.4) is 0 Å². The maximum Gasteiger partial charge on any atom is 0.361 e. The van der Waals surface area contributed by atoms with Crippen molar-refractivity contribution >= 4 is 17.9 Å². The van der Waals surface area contributed by atoms with Crippen LogP contribution in [0, 0.1) is 0 Å². The minimum Gasteiger partial charge on any atom is -0.477 e. The highest BCUT2D eigenvalue weighted by molar-refractivity contribution is 5.71. The van der Waals surface area contributed by atoms with E-state index in [-0.39, 0.29) is 38.2 Å². The molecule has 0 aliphatic heterocycles. The van der Waals surface area contributed by atoms with Crippen LogP contribution in [0.4, 0.5) is 0 Å². The van der Waals surface area contributed by atoms with Gasteiger partial charge in [-0.2, -0.15) is 0 Å². The Kier molecular flexibility index (Phi) is 62.9. The van der Waals surface area contributed by atoms with E-state index in [1.54, 1.807) is 0 Å². The number of quaternary nitrogens is 1. The fourth-order valence-corrected chi connectivity index (χ4v) is 11.3. The number of aliphatic carboxylic acids is 1. The average Bonchev–Trinajstić information content (AvgIpc) is 3.44. The lowest BCUT2D eigenvalue weighted by Gasteiger charge is -2.25. The van der Waals surface area contributed by atoms with Crippen LogP contribution in [0.15, 0.2) is 0 Å². The molecule has 1 N–H and O–H groups in total. The minimum absolute atomic E-state index is 0.172. The quantitative estimate of drug-likeness (QED) is 0.0278. The second kappa shape index (κ2) is 64.3. The Morgan fingerprint density at radius 1 is 0.321 bits per heavy atom. The summed E-state index contributed by atoms with van der Waals surface area (Å²) in [6, 6.07) is 0. The summed E-state index contributed by atoms with van der Waals surface area (Å²) < 4.78 is 23.0. The number of unbranched alkanes of at least 4 members (excludes halogenated alkanes) is 54. The van der Waals surface area contributed by atoms with Crippen molar-refractivity contribution in [3.8, 4) is 0 Å². The Balaban J connectivity index is 4.00. The zero-order chi connectivity index (χ0) is 59.1. The maximum absolute atomic E-state index is 12.9. The van der Waals surface area contributed by atoms with Crippen LogP contribution in [0.5, 0.6) is 0 Å². The van der Waals surface area contributed by atoms with Crippen molar-refractivity contribution in [3.05, 3.63) is 0 Å². The van der Waals surface area contributed by atoms with Gasteiger partial charge in [0.15, 0.2) is 6.10 Å². The third-order valence-corrected chi connectivity index (χ3v) is 16.9. The fourth-order valence-electron chi connectivity index (χ4n) is 11.3. The highest BCUT2D eigenvalue weighted by Crippen LogP contribution is 2.20. The number of rotatable bonds is 69. The second-order valence-corrected chi connectivity index (χ2v) is 26.3. The van der Waals surface area contributed by atoms with Gasteiger partial charge in [-0.3, -0.25) is 9.59 Å². The summed E-state index contributed by atoms with van der Waals surface area (Å²) >= 11 is 0. The molecule has 0 aliphatic carbocycles. The zero-order valence-electron chi connectivity index (χ0n) is 55.2. The van der Waals surface area contributed by atoms with Gasteiger partial charge in [-0.25, -0.2) is 4.79 Å². The van der Waals surface area contributed by atoms with Crippen molar-refractivity contribution in [2.45, 2.75) is 399 Å². The van der Waals surface area contributed by atoms with Gasteiger partial charge < -0.3 is 28.5 Å². The monoisotopic (exact) mass is 1150 g/mol. The van der Waals surface area contributed by atoms with Gasteiger partial charge in [0, 0.05) is 12.8 Å². The van der Waals surface area contributed by atoms with Crippen molar-refractivity contribution in [2.24, 2.45) is 0 Å². The molecule has 0 bridgehead atoms. The van der Waals surface area contributed by atoms with E-state index in [0.717, 1.165) is 38.5 Å². The number of likely N-dealkylation sites (N-methyl/N-ethyl adjacent to an activating group) is 1. The first-order valence-electron chi connectivity index (χ1n) is 36.2. The Labute approximate surface area is 504 Å². The van der Waals surface area contributed by atoms with Gasteiger partial charge in [0.05, 0.1) is 34.4 Å². The van der Waals surface area contributed by atoms with E-state index in [9.17, 15) is 19.5 Å². The van der Waals surface area contributed by atoms with Crippen LogP contribution in [0.1, 0.15) is 386 Å². The molecule has 0 saturated heterocycles. The number of hydrogen-bond donors (Lipinski definition) is 1. The topological polar surface area (TPSA) is 108 Å².